The van der Waals surface area contributed by atoms with Crippen LogP contribution in [0.5, 0.6) is 0 Å². The van der Waals surface area contributed by atoms with Crippen LogP contribution in [0, 0.1) is 11.3 Å². The number of hydrogen-bond acceptors (Lipinski definition) is 3. The van der Waals surface area contributed by atoms with Crippen LogP contribution in [0.25, 0.3) is 0 Å². The predicted molar refractivity (Wildman–Crippen MR) is 62.5 cm³/mol. The minimum atomic E-state index is 0.466. The number of hydrogen-bond donors (Lipinski definition) is 0. The first-order valence-corrected chi connectivity index (χ1v) is 5.82. The minimum Gasteiger partial charge on any atom is -0.308 e. The first-order valence-electron chi connectivity index (χ1n) is 5.44. The van der Waals surface area contributed by atoms with Crippen molar-refractivity contribution >= 4 is 11.6 Å². The average molecular weight is 239 g/mol. The molecule has 4 nitrogen and oxygen atoms in total. The Balaban J connectivity index is 2.22. The van der Waals surface area contributed by atoms with Crippen molar-refractivity contribution in [3.63, 3.8) is 0 Å². The number of rotatable bonds is 4. The van der Waals surface area contributed by atoms with E-state index >= 15 is 0 Å². The largest absolute Gasteiger partial charge is 0.308 e. The molecular weight excluding hydrogens is 224 g/mol. The molecule has 0 unspecified atom stereocenters. The first-order chi connectivity index (χ1) is 7.63. The molecule has 1 aromatic heterocycles. The van der Waals surface area contributed by atoms with Crippen molar-refractivity contribution in [1.29, 1.82) is 5.26 Å². The molecule has 2 rings (SSSR count). The van der Waals surface area contributed by atoms with E-state index in [0.717, 1.165) is 31.6 Å². The van der Waals surface area contributed by atoms with E-state index in [1.54, 1.807) is 4.68 Å². The Labute approximate surface area is 100 Å². The molecule has 0 atom stereocenters. The molecule has 0 amide bonds. The Morgan fingerprint density at radius 2 is 2.25 bits per heavy atom. The van der Waals surface area contributed by atoms with Crippen LogP contribution in [0.3, 0.4) is 0 Å². The van der Waals surface area contributed by atoms with E-state index in [4.69, 9.17) is 16.9 Å². The lowest BCUT2D eigenvalue weighted by Crippen LogP contribution is -2.19. The lowest BCUT2D eigenvalue weighted by Gasteiger charge is -2.09. The third-order valence-corrected chi connectivity index (χ3v) is 3.14. The van der Waals surface area contributed by atoms with Crippen LogP contribution in [0.1, 0.15) is 30.0 Å². The van der Waals surface area contributed by atoms with Crippen molar-refractivity contribution in [2.45, 2.75) is 25.3 Å². The Kier molecular flexibility index (Phi) is 3.17. The summed E-state index contributed by atoms with van der Waals surface area (Å²) in [6.07, 6.45) is 2.27. The van der Waals surface area contributed by atoms with Gasteiger partial charge in [0.1, 0.15) is 16.8 Å². The Bertz CT molecular complexity index is 426. The van der Waals surface area contributed by atoms with Crippen LogP contribution in [-0.4, -0.2) is 35.3 Å². The number of nitrogens with zero attached hydrogens (tertiary/aromatic N) is 4. The van der Waals surface area contributed by atoms with E-state index in [9.17, 15) is 0 Å². The highest BCUT2D eigenvalue weighted by molar-refractivity contribution is 6.30. The van der Waals surface area contributed by atoms with Gasteiger partial charge >= 0.3 is 0 Å². The molecule has 1 aliphatic rings. The average Bonchev–Trinajstić information content (AvgIpc) is 3.01. The van der Waals surface area contributed by atoms with Crippen LogP contribution >= 0.6 is 11.6 Å². The molecule has 0 radical (unpaired) electrons. The maximum Gasteiger partial charge on any atom is 0.145 e. The zero-order valence-electron chi connectivity index (χ0n) is 9.57. The van der Waals surface area contributed by atoms with Crippen molar-refractivity contribution < 1.29 is 0 Å². The number of aromatic nitrogens is 2. The Morgan fingerprint density at radius 1 is 1.56 bits per heavy atom. The van der Waals surface area contributed by atoms with Crippen molar-refractivity contribution in [2.24, 2.45) is 0 Å². The van der Waals surface area contributed by atoms with Gasteiger partial charge in [-0.3, -0.25) is 4.68 Å². The molecule has 16 heavy (non-hydrogen) atoms. The smallest absolute Gasteiger partial charge is 0.145 e. The first kappa shape index (κ1) is 11.4. The van der Waals surface area contributed by atoms with Crippen LogP contribution < -0.4 is 0 Å². The highest BCUT2D eigenvalue weighted by atomic mass is 35.5. The zero-order chi connectivity index (χ0) is 11.7. The maximum atomic E-state index is 9.07. The van der Waals surface area contributed by atoms with Crippen LogP contribution in [0.4, 0.5) is 0 Å². The molecule has 0 saturated heterocycles. The monoisotopic (exact) mass is 238 g/mol. The van der Waals surface area contributed by atoms with Gasteiger partial charge in [-0.1, -0.05) is 11.6 Å². The van der Waals surface area contributed by atoms with E-state index in [1.807, 2.05) is 14.1 Å². The second-order valence-corrected chi connectivity index (χ2v) is 4.82. The maximum absolute atomic E-state index is 9.07. The summed E-state index contributed by atoms with van der Waals surface area (Å²) in [4.78, 5) is 2.07. The quantitative estimate of drug-likeness (QED) is 0.804. The second kappa shape index (κ2) is 4.44. The summed E-state index contributed by atoms with van der Waals surface area (Å²) in [6, 6.07) is 2.16. The fourth-order valence-electron chi connectivity index (χ4n) is 1.65. The SMILES string of the molecule is CN(C)CCn1nc(C2CC2)c(C#N)c1Cl. The number of halogens is 1. The third kappa shape index (κ3) is 2.21. The van der Waals surface area contributed by atoms with Gasteiger partial charge in [-0.2, -0.15) is 10.4 Å². The normalized spacial score (nSPS) is 15.4. The van der Waals surface area contributed by atoms with Gasteiger partial charge in [0.05, 0.1) is 12.2 Å². The zero-order valence-corrected chi connectivity index (χ0v) is 10.3. The molecule has 1 aromatic rings. The molecule has 1 fully saturated rings. The van der Waals surface area contributed by atoms with Gasteiger partial charge in [0.2, 0.25) is 0 Å². The summed E-state index contributed by atoms with van der Waals surface area (Å²) >= 11 is 6.14. The molecule has 0 aliphatic heterocycles. The van der Waals surface area contributed by atoms with E-state index in [2.05, 4.69) is 16.1 Å². The van der Waals surface area contributed by atoms with Gasteiger partial charge in [-0.05, 0) is 26.9 Å². The van der Waals surface area contributed by atoms with E-state index in [1.165, 1.54) is 0 Å². The molecule has 86 valence electrons. The molecule has 0 aromatic carbocycles. The van der Waals surface area contributed by atoms with Crippen LogP contribution in [0.15, 0.2) is 0 Å². The van der Waals surface area contributed by atoms with Gasteiger partial charge in [0.15, 0.2) is 0 Å². The molecule has 5 heteroatoms. The molecule has 1 saturated carbocycles. The molecule has 1 aliphatic carbocycles. The van der Waals surface area contributed by atoms with Gasteiger partial charge in [-0.15, -0.1) is 0 Å². The second-order valence-electron chi connectivity index (χ2n) is 4.46. The third-order valence-electron chi connectivity index (χ3n) is 2.75. The molecular formula is C11H15ClN4. The Morgan fingerprint density at radius 3 is 2.75 bits per heavy atom. The summed E-state index contributed by atoms with van der Waals surface area (Å²) < 4.78 is 1.74. The summed E-state index contributed by atoms with van der Waals surface area (Å²) in [5, 5.41) is 14.0. The lowest BCUT2D eigenvalue weighted by molar-refractivity contribution is 0.372. The fraction of sp³-hybridized carbons (Fsp3) is 0.636. The van der Waals surface area contributed by atoms with Gasteiger partial charge in [0.25, 0.3) is 0 Å². The highest BCUT2D eigenvalue weighted by Gasteiger charge is 2.31. The minimum absolute atomic E-state index is 0.466. The van der Waals surface area contributed by atoms with E-state index in [0.29, 0.717) is 16.6 Å². The highest BCUT2D eigenvalue weighted by Crippen LogP contribution is 2.42. The number of nitriles is 1. The molecule has 0 bridgehead atoms. The predicted octanol–water partition coefficient (Wildman–Crippen LogP) is 1.85. The van der Waals surface area contributed by atoms with E-state index < -0.39 is 0 Å². The van der Waals surface area contributed by atoms with Crippen molar-refractivity contribution in [3.8, 4) is 6.07 Å². The van der Waals surface area contributed by atoms with Crippen molar-refractivity contribution in [2.75, 3.05) is 20.6 Å². The van der Waals surface area contributed by atoms with Crippen molar-refractivity contribution in [1.82, 2.24) is 14.7 Å². The van der Waals surface area contributed by atoms with E-state index in [-0.39, 0.29) is 0 Å². The van der Waals surface area contributed by atoms with Crippen LogP contribution in [0.2, 0.25) is 5.15 Å². The summed E-state index contributed by atoms with van der Waals surface area (Å²) in [5.41, 5.74) is 1.47. The molecule has 1 heterocycles. The molecule has 0 spiro atoms. The molecule has 0 N–H and O–H groups in total. The standard InChI is InChI=1S/C11H15ClN4/c1-15(2)5-6-16-11(12)9(7-13)10(14-16)8-3-4-8/h8H,3-6H2,1-2H3. The fourth-order valence-corrected chi connectivity index (χ4v) is 1.91. The van der Waals surface area contributed by atoms with Gasteiger partial charge in [-0.25, -0.2) is 0 Å². The summed E-state index contributed by atoms with van der Waals surface area (Å²) in [7, 11) is 4.01. The topological polar surface area (TPSA) is 44.9 Å². The van der Waals surface area contributed by atoms with Gasteiger partial charge < -0.3 is 4.90 Å². The van der Waals surface area contributed by atoms with Crippen LogP contribution in [-0.2, 0) is 6.54 Å². The summed E-state index contributed by atoms with van der Waals surface area (Å²) in [6.45, 7) is 1.60. The lowest BCUT2D eigenvalue weighted by atomic mass is 10.2. The summed E-state index contributed by atoms with van der Waals surface area (Å²) in [5.74, 6) is 0.466. The van der Waals surface area contributed by atoms with Crippen molar-refractivity contribution in [3.05, 3.63) is 16.4 Å². The number of likely N-dealkylation sites (N-methyl/N-ethyl adjacent to an activating group) is 1. The Hall–Kier alpha value is -1.05. The van der Waals surface area contributed by atoms with Gasteiger partial charge in [0, 0.05) is 12.5 Å².